The molecular formula is C11H9NO4S2. The molecule has 2 aromatic heterocycles. The van der Waals surface area contributed by atoms with Crippen molar-refractivity contribution in [1.82, 2.24) is 0 Å². The monoisotopic (exact) mass is 283 g/mol. The van der Waals surface area contributed by atoms with E-state index in [1.807, 2.05) is 0 Å². The van der Waals surface area contributed by atoms with Crippen LogP contribution in [0.1, 0.15) is 20.0 Å². The number of aromatic carboxylic acids is 1. The van der Waals surface area contributed by atoms with Crippen molar-refractivity contribution in [2.24, 2.45) is 0 Å². The van der Waals surface area contributed by atoms with E-state index < -0.39 is 5.97 Å². The van der Waals surface area contributed by atoms with Crippen molar-refractivity contribution in [2.45, 2.75) is 0 Å². The van der Waals surface area contributed by atoms with Crippen LogP contribution < -0.4 is 10.1 Å². The van der Waals surface area contributed by atoms with Gasteiger partial charge in [-0.25, -0.2) is 4.79 Å². The zero-order valence-electron chi connectivity index (χ0n) is 9.30. The van der Waals surface area contributed by atoms with Gasteiger partial charge in [-0.15, -0.1) is 22.7 Å². The number of methoxy groups -OCH3 is 1. The smallest absolute Gasteiger partial charge is 0.338 e. The van der Waals surface area contributed by atoms with Crippen molar-refractivity contribution in [3.8, 4) is 5.75 Å². The van der Waals surface area contributed by atoms with E-state index in [-0.39, 0.29) is 11.5 Å². The number of carboxylic acids is 1. The van der Waals surface area contributed by atoms with Crippen LogP contribution in [-0.4, -0.2) is 24.1 Å². The van der Waals surface area contributed by atoms with Gasteiger partial charge in [-0.05, 0) is 22.9 Å². The normalized spacial score (nSPS) is 10.1. The van der Waals surface area contributed by atoms with Gasteiger partial charge in [0.1, 0.15) is 15.6 Å². The first-order valence-electron chi connectivity index (χ1n) is 4.87. The van der Waals surface area contributed by atoms with Crippen molar-refractivity contribution in [3.63, 3.8) is 0 Å². The molecule has 0 aromatic carbocycles. The molecule has 0 bridgehead atoms. The maximum Gasteiger partial charge on any atom is 0.338 e. The second-order valence-corrected chi connectivity index (χ2v) is 5.07. The highest BCUT2D eigenvalue weighted by Gasteiger charge is 2.18. The maximum atomic E-state index is 12.0. The number of carboxylic acid groups (broad SMARTS) is 1. The Kier molecular flexibility index (Phi) is 3.63. The van der Waals surface area contributed by atoms with Crippen molar-refractivity contribution in [2.75, 3.05) is 12.4 Å². The van der Waals surface area contributed by atoms with Crippen LogP contribution in [0.2, 0.25) is 0 Å². The lowest BCUT2D eigenvalue weighted by molar-refractivity contribution is 0.0698. The summed E-state index contributed by atoms with van der Waals surface area (Å²) in [7, 11) is 1.48. The fourth-order valence-electron chi connectivity index (χ4n) is 1.36. The summed E-state index contributed by atoms with van der Waals surface area (Å²) in [5, 5.41) is 15.2. The second kappa shape index (κ2) is 5.19. The third kappa shape index (κ3) is 2.36. The van der Waals surface area contributed by atoms with Gasteiger partial charge in [0.15, 0.2) is 0 Å². The Balaban J connectivity index is 2.22. The molecule has 94 valence electrons. The number of thiophene rings is 2. The number of carbonyl (C=O) groups is 2. The molecule has 2 aromatic rings. The molecule has 0 atom stereocenters. The molecule has 0 saturated heterocycles. The average molecular weight is 283 g/mol. The molecule has 0 spiro atoms. The first-order chi connectivity index (χ1) is 8.63. The molecule has 0 fully saturated rings. The summed E-state index contributed by atoms with van der Waals surface area (Å²) in [5.74, 6) is -0.956. The van der Waals surface area contributed by atoms with E-state index in [0.717, 1.165) is 0 Å². The Morgan fingerprint density at radius 3 is 2.67 bits per heavy atom. The first-order valence-corrected chi connectivity index (χ1v) is 6.63. The highest BCUT2D eigenvalue weighted by molar-refractivity contribution is 7.15. The summed E-state index contributed by atoms with van der Waals surface area (Å²) in [6, 6.07) is 3.14. The fourth-order valence-corrected chi connectivity index (χ4v) is 2.89. The topological polar surface area (TPSA) is 75.6 Å². The van der Waals surface area contributed by atoms with E-state index in [4.69, 9.17) is 9.84 Å². The number of amides is 1. The van der Waals surface area contributed by atoms with Gasteiger partial charge < -0.3 is 15.2 Å². The summed E-state index contributed by atoms with van der Waals surface area (Å²) >= 11 is 2.41. The molecule has 2 rings (SSSR count). The van der Waals surface area contributed by atoms with Gasteiger partial charge in [0.05, 0.1) is 12.7 Å². The van der Waals surface area contributed by atoms with Gasteiger partial charge >= 0.3 is 5.97 Å². The van der Waals surface area contributed by atoms with Crippen molar-refractivity contribution >= 4 is 39.6 Å². The Hall–Kier alpha value is -1.86. The number of hydrogen-bond donors (Lipinski definition) is 2. The standard InChI is InChI=1S/C11H9NO4S2/c1-16-7-3-5-17-8(7)9(13)12-10-6(11(14)15)2-4-18-10/h2-5H,1H3,(H,12,13)(H,14,15). The van der Waals surface area contributed by atoms with Crippen LogP contribution in [0, 0.1) is 0 Å². The van der Waals surface area contributed by atoms with Gasteiger partial charge in [-0.2, -0.15) is 0 Å². The van der Waals surface area contributed by atoms with Gasteiger partial charge in [0.2, 0.25) is 0 Å². The van der Waals surface area contributed by atoms with Crippen LogP contribution in [0.5, 0.6) is 5.75 Å². The Morgan fingerprint density at radius 1 is 1.28 bits per heavy atom. The SMILES string of the molecule is COc1ccsc1C(=O)Nc1sccc1C(=O)O. The third-order valence-corrected chi connectivity index (χ3v) is 3.90. The van der Waals surface area contributed by atoms with Crippen LogP contribution in [0.3, 0.4) is 0 Å². The lowest BCUT2D eigenvalue weighted by Crippen LogP contribution is -2.12. The van der Waals surface area contributed by atoms with E-state index >= 15 is 0 Å². The van der Waals surface area contributed by atoms with E-state index in [9.17, 15) is 9.59 Å². The summed E-state index contributed by atoms with van der Waals surface area (Å²) < 4.78 is 5.04. The number of carbonyl (C=O) groups excluding carboxylic acids is 1. The minimum absolute atomic E-state index is 0.0869. The van der Waals surface area contributed by atoms with Crippen molar-refractivity contribution in [3.05, 3.63) is 33.3 Å². The summed E-state index contributed by atoms with van der Waals surface area (Å²) in [6.07, 6.45) is 0. The van der Waals surface area contributed by atoms with E-state index in [1.165, 1.54) is 35.8 Å². The molecule has 0 saturated carbocycles. The van der Waals surface area contributed by atoms with Crippen molar-refractivity contribution in [1.29, 1.82) is 0 Å². The molecule has 0 radical (unpaired) electrons. The zero-order valence-corrected chi connectivity index (χ0v) is 10.9. The van der Waals surface area contributed by atoms with Crippen LogP contribution >= 0.6 is 22.7 Å². The number of rotatable bonds is 4. The van der Waals surface area contributed by atoms with Gasteiger partial charge in [0, 0.05) is 0 Å². The lowest BCUT2D eigenvalue weighted by atomic mass is 10.3. The maximum absolute atomic E-state index is 12.0. The first kappa shape index (κ1) is 12.6. The highest BCUT2D eigenvalue weighted by Crippen LogP contribution is 2.28. The van der Waals surface area contributed by atoms with E-state index in [2.05, 4.69) is 5.32 Å². The zero-order chi connectivity index (χ0) is 13.1. The van der Waals surface area contributed by atoms with E-state index in [0.29, 0.717) is 15.6 Å². The fraction of sp³-hybridized carbons (Fsp3) is 0.0909. The predicted octanol–water partition coefficient (Wildman–Crippen LogP) is 2.77. The number of nitrogens with one attached hydrogen (secondary N) is 1. The van der Waals surface area contributed by atoms with Gasteiger partial charge in [-0.3, -0.25) is 4.79 Å². The minimum Gasteiger partial charge on any atom is -0.495 e. The molecule has 2 heterocycles. The molecule has 18 heavy (non-hydrogen) atoms. The summed E-state index contributed by atoms with van der Waals surface area (Å²) in [4.78, 5) is 23.3. The molecule has 2 N–H and O–H groups in total. The lowest BCUT2D eigenvalue weighted by Gasteiger charge is -2.04. The number of ether oxygens (including phenoxy) is 1. The Bertz CT molecular complexity index is 587. The molecule has 1 amide bonds. The van der Waals surface area contributed by atoms with Crippen LogP contribution in [0.15, 0.2) is 22.9 Å². The summed E-state index contributed by atoms with van der Waals surface area (Å²) in [5.41, 5.74) is 0.0869. The predicted molar refractivity (Wildman–Crippen MR) is 70.1 cm³/mol. The number of anilines is 1. The molecule has 0 aliphatic rings. The molecular weight excluding hydrogens is 274 g/mol. The largest absolute Gasteiger partial charge is 0.495 e. The van der Waals surface area contributed by atoms with Gasteiger partial charge in [0.25, 0.3) is 5.91 Å². The second-order valence-electron chi connectivity index (χ2n) is 3.24. The summed E-state index contributed by atoms with van der Waals surface area (Å²) in [6.45, 7) is 0. The third-order valence-electron chi connectivity index (χ3n) is 2.18. The molecule has 5 nitrogen and oxygen atoms in total. The highest BCUT2D eigenvalue weighted by atomic mass is 32.1. The molecule has 7 heteroatoms. The Morgan fingerprint density at radius 2 is 2.00 bits per heavy atom. The molecule has 0 aliphatic carbocycles. The van der Waals surface area contributed by atoms with Crippen LogP contribution in [0.4, 0.5) is 5.00 Å². The van der Waals surface area contributed by atoms with Crippen molar-refractivity contribution < 1.29 is 19.4 Å². The average Bonchev–Trinajstić information content (AvgIpc) is 2.96. The minimum atomic E-state index is -1.07. The van der Waals surface area contributed by atoms with Gasteiger partial charge in [-0.1, -0.05) is 0 Å². The quantitative estimate of drug-likeness (QED) is 0.904. The van der Waals surface area contributed by atoms with Crippen LogP contribution in [-0.2, 0) is 0 Å². The Labute approximate surface area is 111 Å². The van der Waals surface area contributed by atoms with Crippen LogP contribution in [0.25, 0.3) is 0 Å². The van der Waals surface area contributed by atoms with E-state index in [1.54, 1.807) is 16.8 Å². The molecule has 0 unspecified atom stereocenters. The number of hydrogen-bond acceptors (Lipinski definition) is 5. The molecule has 0 aliphatic heterocycles.